The van der Waals surface area contributed by atoms with Crippen LogP contribution in [0.15, 0.2) is 0 Å². The first-order valence-electron chi connectivity index (χ1n) is 7.63. The average Bonchev–Trinajstić information content (AvgIpc) is 2.81. The van der Waals surface area contributed by atoms with Gasteiger partial charge < -0.3 is 19.4 Å². The number of aromatic nitrogens is 1. The Bertz CT molecular complexity index is 569. The molecule has 22 heavy (non-hydrogen) atoms. The monoisotopic (exact) mass is 308 g/mol. The number of H-pyrrole nitrogens is 1. The van der Waals surface area contributed by atoms with E-state index >= 15 is 0 Å². The van der Waals surface area contributed by atoms with E-state index in [0.29, 0.717) is 36.3 Å². The van der Waals surface area contributed by atoms with Gasteiger partial charge >= 0.3 is 5.97 Å². The number of aryl methyl sites for hydroxylation is 1. The SMILES string of the molecule is CCc1[nH]c(C(=O)N2CC(C)OC(C)C2)c(C)c1C(=O)OC. The maximum Gasteiger partial charge on any atom is 0.339 e. The van der Waals surface area contributed by atoms with Crippen molar-refractivity contribution in [2.75, 3.05) is 20.2 Å². The van der Waals surface area contributed by atoms with Crippen LogP contribution < -0.4 is 0 Å². The lowest BCUT2D eigenvalue weighted by Crippen LogP contribution is -2.48. The third-order valence-electron chi connectivity index (χ3n) is 3.99. The first-order chi connectivity index (χ1) is 10.4. The Morgan fingerprint density at radius 2 is 1.91 bits per heavy atom. The van der Waals surface area contributed by atoms with Gasteiger partial charge in [0.2, 0.25) is 0 Å². The van der Waals surface area contributed by atoms with Crippen LogP contribution in [0.1, 0.15) is 52.9 Å². The highest BCUT2D eigenvalue weighted by molar-refractivity contribution is 6.00. The van der Waals surface area contributed by atoms with Gasteiger partial charge in [0.15, 0.2) is 0 Å². The van der Waals surface area contributed by atoms with E-state index < -0.39 is 5.97 Å². The van der Waals surface area contributed by atoms with Crippen LogP contribution in [0.4, 0.5) is 0 Å². The highest BCUT2D eigenvalue weighted by Crippen LogP contribution is 2.23. The molecule has 2 rings (SSSR count). The van der Waals surface area contributed by atoms with Crippen LogP contribution in [-0.4, -0.2) is 54.2 Å². The summed E-state index contributed by atoms with van der Waals surface area (Å²) in [4.78, 5) is 29.6. The number of nitrogens with zero attached hydrogens (tertiary/aromatic N) is 1. The van der Waals surface area contributed by atoms with Crippen LogP contribution in [0, 0.1) is 6.92 Å². The van der Waals surface area contributed by atoms with Gasteiger partial charge in [-0.1, -0.05) is 6.92 Å². The number of methoxy groups -OCH3 is 1. The molecule has 6 heteroatoms. The van der Waals surface area contributed by atoms with E-state index in [4.69, 9.17) is 9.47 Å². The standard InChI is InChI=1S/C16H24N2O4/c1-6-12-13(16(20)21-5)11(4)14(17-12)15(19)18-7-9(2)22-10(3)8-18/h9-10,17H,6-8H2,1-5H3. The minimum atomic E-state index is -0.409. The second-order valence-electron chi connectivity index (χ2n) is 5.79. The maximum absolute atomic E-state index is 12.8. The Balaban J connectivity index is 2.34. The van der Waals surface area contributed by atoms with Crippen LogP contribution >= 0.6 is 0 Å². The lowest BCUT2D eigenvalue weighted by atomic mass is 10.1. The van der Waals surface area contributed by atoms with Crippen molar-refractivity contribution >= 4 is 11.9 Å². The molecule has 1 aromatic heterocycles. The van der Waals surface area contributed by atoms with E-state index in [0.717, 1.165) is 5.69 Å². The van der Waals surface area contributed by atoms with Crippen LogP contribution in [0.2, 0.25) is 0 Å². The molecule has 1 fully saturated rings. The van der Waals surface area contributed by atoms with Crippen molar-refractivity contribution in [1.29, 1.82) is 0 Å². The summed E-state index contributed by atoms with van der Waals surface area (Å²) in [5.74, 6) is -0.502. The van der Waals surface area contributed by atoms with Gasteiger partial charge in [0.25, 0.3) is 5.91 Å². The number of carbonyl (C=O) groups is 2. The molecule has 2 atom stereocenters. The van der Waals surface area contributed by atoms with Gasteiger partial charge in [-0.25, -0.2) is 4.79 Å². The van der Waals surface area contributed by atoms with E-state index in [2.05, 4.69) is 4.98 Å². The molecule has 1 saturated heterocycles. The molecular weight excluding hydrogens is 284 g/mol. The summed E-state index contributed by atoms with van der Waals surface area (Å²) in [7, 11) is 1.35. The zero-order valence-electron chi connectivity index (χ0n) is 13.9. The fraction of sp³-hybridized carbons (Fsp3) is 0.625. The molecule has 0 saturated carbocycles. The van der Waals surface area contributed by atoms with E-state index in [9.17, 15) is 9.59 Å². The van der Waals surface area contributed by atoms with Gasteiger partial charge in [-0.2, -0.15) is 0 Å². The summed E-state index contributed by atoms with van der Waals surface area (Å²) in [6, 6.07) is 0. The highest BCUT2D eigenvalue weighted by Gasteiger charge is 2.30. The number of amides is 1. The van der Waals surface area contributed by atoms with Crippen LogP contribution in [0.5, 0.6) is 0 Å². The summed E-state index contributed by atoms with van der Waals surface area (Å²) >= 11 is 0. The van der Waals surface area contributed by atoms with E-state index in [1.807, 2.05) is 20.8 Å². The normalized spacial score (nSPS) is 21.8. The molecule has 122 valence electrons. The smallest absolute Gasteiger partial charge is 0.339 e. The van der Waals surface area contributed by atoms with Crippen molar-refractivity contribution in [2.24, 2.45) is 0 Å². The van der Waals surface area contributed by atoms with Crippen molar-refractivity contribution in [3.63, 3.8) is 0 Å². The van der Waals surface area contributed by atoms with Crippen molar-refractivity contribution in [3.8, 4) is 0 Å². The molecule has 2 heterocycles. The Hall–Kier alpha value is -1.82. The largest absolute Gasteiger partial charge is 0.465 e. The van der Waals surface area contributed by atoms with E-state index in [1.54, 1.807) is 11.8 Å². The highest BCUT2D eigenvalue weighted by atomic mass is 16.5. The number of morpholine rings is 1. The van der Waals surface area contributed by atoms with Crippen molar-refractivity contribution in [2.45, 2.75) is 46.3 Å². The van der Waals surface area contributed by atoms with Gasteiger partial charge in [0, 0.05) is 18.8 Å². The molecule has 1 N–H and O–H groups in total. The molecule has 1 aromatic rings. The molecule has 1 aliphatic rings. The topological polar surface area (TPSA) is 71.6 Å². The number of rotatable bonds is 3. The lowest BCUT2D eigenvalue weighted by molar-refractivity contribution is -0.0587. The first kappa shape index (κ1) is 16.5. The van der Waals surface area contributed by atoms with Gasteiger partial charge in [0.05, 0.1) is 24.9 Å². The third kappa shape index (κ3) is 3.02. The Morgan fingerprint density at radius 1 is 1.32 bits per heavy atom. The molecule has 1 aliphatic heterocycles. The maximum atomic E-state index is 12.8. The molecule has 0 spiro atoms. The predicted octanol–water partition coefficient (Wildman–Crippen LogP) is 1.92. The summed E-state index contributed by atoms with van der Waals surface area (Å²) in [5, 5.41) is 0. The van der Waals surface area contributed by atoms with E-state index in [-0.39, 0.29) is 18.1 Å². The Labute approximate surface area is 130 Å². The number of esters is 1. The van der Waals surface area contributed by atoms with Crippen molar-refractivity contribution < 1.29 is 19.1 Å². The summed E-state index contributed by atoms with van der Waals surface area (Å²) in [6.07, 6.45) is 0.649. The minimum absolute atomic E-state index is 0.00805. The quantitative estimate of drug-likeness (QED) is 0.866. The van der Waals surface area contributed by atoms with Gasteiger partial charge in [-0.15, -0.1) is 0 Å². The first-order valence-corrected chi connectivity index (χ1v) is 7.63. The number of hydrogen-bond acceptors (Lipinski definition) is 4. The number of aromatic amines is 1. The number of ether oxygens (including phenoxy) is 2. The molecular formula is C16H24N2O4. The predicted molar refractivity (Wildman–Crippen MR) is 82.2 cm³/mol. The molecule has 0 bridgehead atoms. The third-order valence-corrected chi connectivity index (χ3v) is 3.99. The molecule has 0 radical (unpaired) electrons. The fourth-order valence-corrected chi connectivity index (χ4v) is 3.02. The lowest BCUT2D eigenvalue weighted by Gasteiger charge is -2.35. The molecule has 0 aromatic carbocycles. The fourth-order valence-electron chi connectivity index (χ4n) is 3.02. The van der Waals surface area contributed by atoms with Gasteiger partial charge in [0.1, 0.15) is 5.69 Å². The second kappa shape index (κ2) is 6.52. The van der Waals surface area contributed by atoms with Crippen molar-refractivity contribution in [1.82, 2.24) is 9.88 Å². The molecule has 2 unspecified atom stereocenters. The zero-order chi connectivity index (χ0) is 16.4. The Morgan fingerprint density at radius 3 is 2.41 bits per heavy atom. The summed E-state index contributed by atoms with van der Waals surface area (Å²) in [6.45, 7) is 8.73. The molecule has 1 amide bonds. The van der Waals surface area contributed by atoms with E-state index in [1.165, 1.54) is 7.11 Å². The van der Waals surface area contributed by atoms with Crippen LogP contribution in [0.25, 0.3) is 0 Å². The summed E-state index contributed by atoms with van der Waals surface area (Å²) < 4.78 is 10.5. The minimum Gasteiger partial charge on any atom is -0.465 e. The molecule has 6 nitrogen and oxygen atoms in total. The average molecular weight is 308 g/mol. The number of carbonyl (C=O) groups excluding carboxylic acids is 2. The number of nitrogens with one attached hydrogen (secondary N) is 1. The van der Waals surface area contributed by atoms with Crippen LogP contribution in [0.3, 0.4) is 0 Å². The number of hydrogen-bond donors (Lipinski definition) is 1. The van der Waals surface area contributed by atoms with Gasteiger partial charge in [-0.05, 0) is 32.8 Å². The second-order valence-corrected chi connectivity index (χ2v) is 5.79. The van der Waals surface area contributed by atoms with Crippen LogP contribution in [-0.2, 0) is 15.9 Å². The van der Waals surface area contributed by atoms with Gasteiger partial charge in [-0.3, -0.25) is 4.79 Å². The summed E-state index contributed by atoms with van der Waals surface area (Å²) in [5.41, 5.74) is 2.34. The van der Waals surface area contributed by atoms with Crippen molar-refractivity contribution in [3.05, 3.63) is 22.5 Å². The zero-order valence-corrected chi connectivity index (χ0v) is 13.9. The molecule has 0 aliphatic carbocycles. The Kier molecular flexibility index (Phi) is 4.90.